The van der Waals surface area contributed by atoms with Crippen LogP contribution in [-0.4, -0.2) is 37.3 Å². The summed E-state index contributed by atoms with van der Waals surface area (Å²) in [6.07, 6.45) is 1.71. The number of anilines is 5. The summed E-state index contributed by atoms with van der Waals surface area (Å²) < 4.78 is 11.2. The molecule has 0 aliphatic carbocycles. The van der Waals surface area contributed by atoms with Crippen LogP contribution in [0.1, 0.15) is 0 Å². The summed E-state index contributed by atoms with van der Waals surface area (Å²) in [5, 5.41) is 6.49. The zero-order valence-electron chi connectivity index (χ0n) is 15.3. The second kappa shape index (κ2) is 7.41. The molecule has 1 aromatic heterocycles. The number of fused-ring (bicyclic) bond motifs is 1. The fraction of sp³-hybridized carbons (Fsp3) is 0.200. The highest BCUT2D eigenvalue weighted by Crippen LogP contribution is 2.33. The minimum absolute atomic E-state index is 0.523. The fourth-order valence-electron chi connectivity index (χ4n) is 2.73. The first-order valence-corrected chi connectivity index (χ1v) is 8.71. The third kappa shape index (κ3) is 4.03. The number of hydrogen-bond acceptors (Lipinski definition) is 7. The van der Waals surface area contributed by atoms with Gasteiger partial charge in [-0.05, 0) is 42.5 Å². The standard InChI is InChI=1S/C20H21N5O2/c1-25(2)16-6-3-14(4-7-16)23-20-21-10-9-19(24-20)22-15-5-8-17-18(13-15)27-12-11-26-17/h3-10,13H,11-12H2,1-2H3,(H2,21,22,23,24). The number of hydrogen-bond donors (Lipinski definition) is 2. The lowest BCUT2D eigenvalue weighted by molar-refractivity contribution is 0.171. The van der Waals surface area contributed by atoms with E-state index in [1.54, 1.807) is 6.20 Å². The molecule has 0 amide bonds. The van der Waals surface area contributed by atoms with Gasteiger partial charge in [0.1, 0.15) is 19.0 Å². The van der Waals surface area contributed by atoms with Gasteiger partial charge in [0.2, 0.25) is 5.95 Å². The van der Waals surface area contributed by atoms with Crippen molar-refractivity contribution in [2.24, 2.45) is 0 Å². The number of aromatic nitrogens is 2. The van der Waals surface area contributed by atoms with Crippen molar-refractivity contribution in [3.8, 4) is 11.5 Å². The minimum atomic E-state index is 0.523. The quantitative estimate of drug-likeness (QED) is 0.714. The lowest BCUT2D eigenvalue weighted by atomic mass is 10.2. The van der Waals surface area contributed by atoms with E-state index in [2.05, 4.69) is 25.5 Å². The molecule has 7 heteroatoms. The van der Waals surface area contributed by atoms with Gasteiger partial charge in [-0.1, -0.05) is 0 Å². The highest BCUT2D eigenvalue weighted by molar-refractivity contribution is 5.63. The van der Waals surface area contributed by atoms with Gasteiger partial charge < -0.3 is 25.0 Å². The number of ether oxygens (including phenoxy) is 2. The smallest absolute Gasteiger partial charge is 0.229 e. The van der Waals surface area contributed by atoms with Crippen molar-refractivity contribution < 1.29 is 9.47 Å². The van der Waals surface area contributed by atoms with Crippen LogP contribution in [0.3, 0.4) is 0 Å². The van der Waals surface area contributed by atoms with Crippen LogP contribution in [0.4, 0.5) is 28.8 Å². The van der Waals surface area contributed by atoms with Crippen molar-refractivity contribution in [2.45, 2.75) is 0 Å². The summed E-state index contributed by atoms with van der Waals surface area (Å²) in [5.74, 6) is 2.71. The molecule has 2 heterocycles. The van der Waals surface area contributed by atoms with Crippen molar-refractivity contribution in [1.29, 1.82) is 0 Å². The number of nitrogens with one attached hydrogen (secondary N) is 2. The molecule has 2 N–H and O–H groups in total. The Labute approximate surface area is 158 Å². The van der Waals surface area contributed by atoms with E-state index in [9.17, 15) is 0 Å². The molecular formula is C20H21N5O2. The molecule has 7 nitrogen and oxygen atoms in total. The molecule has 0 spiro atoms. The van der Waals surface area contributed by atoms with Gasteiger partial charge in [0.25, 0.3) is 0 Å². The molecular weight excluding hydrogens is 342 g/mol. The van der Waals surface area contributed by atoms with E-state index in [4.69, 9.17) is 9.47 Å². The van der Waals surface area contributed by atoms with Gasteiger partial charge in [-0.25, -0.2) is 4.98 Å². The monoisotopic (exact) mass is 363 g/mol. The van der Waals surface area contributed by atoms with E-state index >= 15 is 0 Å². The SMILES string of the molecule is CN(C)c1ccc(Nc2nccc(Nc3ccc4c(c3)OCCO4)n2)cc1. The Morgan fingerprint density at radius 3 is 2.37 bits per heavy atom. The molecule has 0 fully saturated rings. The van der Waals surface area contributed by atoms with E-state index in [-0.39, 0.29) is 0 Å². The van der Waals surface area contributed by atoms with E-state index in [0.29, 0.717) is 25.0 Å². The van der Waals surface area contributed by atoms with Crippen molar-refractivity contribution in [3.05, 3.63) is 54.7 Å². The first kappa shape index (κ1) is 17.0. The first-order valence-electron chi connectivity index (χ1n) is 8.71. The number of nitrogens with zero attached hydrogens (tertiary/aromatic N) is 3. The summed E-state index contributed by atoms with van der Waals surface area (Å²) in [6.45, 7) is 1.14. The molecule has 0 saturated carbocycles. The van der Waals surface area contributed by atoms with Crippen LogP contribution in [0.25, 0.3) is 0 Å². The Hall–Kier alpha value is -3.48. The molecule has 1 aliphatic rings. The molecule has 1 aliphatic heterocycles. The number of rotatable bonds is 5. The molecule has 3 aromatic rings. The second-order valence-corrected chi connectivity index (χ2v) is 6.32. The number of benzene rings is 2. The lowest BCUT2D eigenvalue weighted by Gasteiger charge is -2.19. The summed E-state index contributed by atoms with van der Waals surface area (Å²) in [7, 11) is 4.02. The van der Waals surface area contributed by atoms with E-state index in [0.717, 1.165) is 28.6 Å². The summed E-state index contributed by atoms with van der Waals surface area (Å²) >= 11 is 0. The normalized spacial score (nSPS) is 12.4. The van der Waals surface area contributed by atoms with Crippen molar-refractivity contribution in [1.82, 2.24) is 9.97 Å². The maximum Gasteiger partial charge on any atom is 0.229 e. The third-order valence-electron chi connectivity index (χ3n) is 4.11. The Balaban J connectivity index is 1.47. The van der Waals surface area contributed by atoms with Crippen LogP contribution in [0.2, 0.25) is 0 Å². The highest BCUT2D eigenvalue weighted by atomic mass is 16.6. The predicted molar refractivity (Wildman–Crippen MR) is 107 cm³/mol. The summed E-state index contributed by atoms with van der Waals surface area (Å²) in [5.41, 5.74) is 2.94. The molecule has 138 valence electrons. The lowest BCUT2D eigenvalue weighted by Crippen LogP contribution is -2.15. The average molecular weight is 363 g/mol. The first-order chi connectivity index (χ1) is 13.2. The van der Waals surface area contributed by atoms with Gasteiger partial charge in [-0.3, -0.25) is 0 Å². The summed E-state index contributed by atoms with van der Waals surface area (Å²) in [6, 6.07) is 15.6. The summed E-state index contributed by atoms with van der Waals surface area (Å²) in [4.78, 5) is 10.9. The molecule has 0 radical (unpaired) electrons. The average Bonchev–Trinajstić information content (AvgIpc) is 2.69. The van der Waals surface area contributed by atoms with Crippen molar-refractivity contribution in [2.75, 3.05) is 42.8 Å². The maximum absolute atomic E-state index is 5.62. The fourth-order valence-corrected chi connectivity index (χ4v) is 2.73. The molecule has 0 unspecified atom stereocenters. The topological polar surface area (TPSA) is 71.5 Å². The maximum atomic E-state index is 5.62. The van der Waals surface area contributed by atoms with E-state index in [1.807, 2.05) is 62.6 Å². The molecule has 27 heavy (non-hydrogen) atoms. The Bertz CT molecular complexity index is 928. The predicted octanol–water partition coefficient (Wildman–Crippen LogP) is 3.80. The van der Waals surface area contributed by atoms with Gasteiger partial charge in [-0.2, -0.15) is 4.98 Å². The minimum Gasteiger partial charge on any atom is -0.486 e. The van der Waals surface area contributed by atoms with Gasteiger partial charge >= 0.3 is 0 Å². The zero-order valence-corrected chi connectivity index (χ0v) is 15.3. The molecule has 2 aromatic carbocycles. The van der Waals surface area contributed by atoms with Gasteiger partial charge in [0.05, 0.1) is 0 Å². The van der Waals surface area contributed by atoms with Gasteiger partial charge in [-0.15, -0.1) is 0 Å². The largest absolute Gasteiger partial charge is 0.486 e. The van der Waals surface area contributed by atoms with Gasteiger partial charge in [0, 0.05) is 43.4 Å². The molecule has 4 rings (SSSR count). The Kier molecular flexibility index (Phi) is 4.65. The molecule has 0 saturated heterocycles. The van der Waals surface area contributed by atoms with E-state index < -0.39 is 0 Å². The van der Waals surface area contributed by atoms with Crippen LogP contribution in [-0.2, 0) is 0 Å². The highest BCUT2D eigenvalue weighted by Gasteiger charge is 2.12. The van der Waals surface area contributed by atoms with E-state index in [1.165, 1.54) is 0 Å². The van der Waals surface area contributed by atoms with Crippen LogP contribution < -0.4 is 25.0 Å². The Morgan fingerprint density at radius 2 is 1.59 bits per heavy atom. The zero-order chi connectivity index (χ0) is 18.6. The van der Waals surface area contributed by atoms with Crippen molar-refractivity contribution >= 4 is 28.8 Å². The third-order valence-corrected chi connectivity index (χ3v) is 4.11. The van der Waals surface area contributed by atoms with Crippen molar-refractivity contribution in [3.63, 3.8) is 0 Å². The Morgan fingerprint density at radius 1 is 0.852 bits per heavy atom. The second-order valence-electron chi connectivity index (χ2n) is 6.32. The van der Waals surface area contributed by atoms with Crippen LogP contribution in [0, 0.1) is 0 Å². The molecule has 0 atom stereocenters. The van der Waals surface area contributed by atoms with Crippen LogP contribution in [0.5, 0.6) is 11.5 Å². The van der Waals surface area contributed by atoms with Gasteiger partial charge in [0.15, 0.2) is 11.5 Å². The van der Waals surface area contributed by atoms with Crippen LogP contribution >= 0.6 is 0 Å². The molecule has 0 bridgehead atoms. The van der Waals surface area contributed by atoms with Crippen LogP contribution in [0.15, 0.2) is 54.7 Å².